The van der Waals surface area contributed by atoms with E-state index in [1.54, 1.807) is 12.1 Å². The average Bonchev–Trinajstić information content (AvgIpc) is 2.31. The van der Waals surface area contributed by atoms with Crippen LogP contribution in [0.4, 0.5) is 0 Å². The molecule has 0 bridgehead atoms. The molecule has 18 heavy (non-hydrogen) atoms. The van der Waals surface area contributed by atoms with E-state index in [0.29, 0.717) is 21.3 Å². The molecular formula is C13H19Br2NO2. The maximum Gasteiger partial charge on any atom is 0.143 e. The van der Waals surface area contributed by atoms with Crippen molar-refractivity contribution in [3.05, 3.63) is 26.6 Å². The first-order chi connectivity index (χ1) is 8.32. The molecule has 1 aromatic carbocycles. The topological polar surface area (TPSA) is 66.5 Å². The number of aliphatic hydroxyl groups is 1. The smallest absolute Gasteiger partial charge is 0.143 e. The lowest BCUT2D eigenvalue weighted by Gasteiger charge is -2.21. The van der Waals surface area contributed by atoms with Gasteiger partial charge < -0.3 is 15.9 Å². The van der Waals surface area contributed by atoms with Crippen molar-refractivity contribution in [3.8, 4) is 5.75 Å². The molecule has 0 unspecified atom stereocenters. The molecule has 1 rings (SSSR count). The summed E-state index contributed by atoms with van der Waals surface area (Å²) in [7, 11) is 0. The molecule has 0 spiro atoms. The van der Waals surface area contributed by atoms with Crippen LogP contribution in [0.25, 0.3) is 0 Å². The SMILES string of the molecule is CC(C)CC[C@@H](O)[C@@H](N)c1cc(Br)c(O)c(Br)c1. The summed E-state index contributed by atoms with van der Waals surface area (Å²) < 4.78 is 1.14. The van der Waals surface area contributed by atoms with Gasteiger partial charge in [0.25, 0.3) is 0 Å². The summed E-state index contributed by atoms with van der Waals surface area (Å²) in [6.45, 7) is 4.23. The van der Waals surface area contributed by atoms with E-state index in [4.69, 9.17) is 5.73 Å². The number of aliphatic hydroxyl groups excluding tert-OH is 1. The quantitative estimate of drug-likeness (QED) is 0.729. The first-order valence-corrected chi connectivity index (χ1v) is 7.53. The van der Waals surface area contributed by atoms with Crippen molar-refractivity contribution in [2.24, 2.45) is 11.7 Å². The Bertz CT molecular complexity index is 387. The minimum Gasteiger partial charge on any atom is -0.506 e. The fraction of sp³-hybridized carbons (Fsp3) is 0.538. The molecule has 0 saturated carbocycles. The van der Waals surface area contributed by atoms with Gasteiger partial charge in [0.05, 0.1) is 21.1 Å². The zero-order chi connectivity index (χ0) is 13.9. The number of hydrogen-bond acceptors (Lipinski definition) is 3. The van der Waals surface area contributed by atoms with Crippen molar-refractivity contribution in [1.82, 2.24) is 0 Å². The highest BCUT2D eigenvalue weighted by Gasteiger charge is 2.19. The Labute approximate surface area is 125 Å². The second-order valence-corrected chi connectivity index (χ2v) is 6.61. The second-order valence-electron chi connectivity index (χ2n) is 4.90. The number of phenols is 1. The zero-order valence-electron chi connectivity index (χ0n) is 10.5. The van der Waals surface area contributed by atoms with Gasteiger partial charge in [-0.3, -0.25) is 0 Å². The van der Waals surface area contributed by atoms with Crippen LogP contribution >= 0.6 is 31.9 Å². The molecular weight excluding hydrogens is 362 g/mol. The molecule has 0 aliphatic rings. The van der Waals surface area contributed by atoms with Crippen LogP contribution in [0.15, 0.2) is 21.1 Å². The molecule has 0 saturated heterocycles. The molecule has 0 amide bonds. The number of hydrogen-bond donors (Lipinski definition) is 3. The van der Waals surface area contributed by atoms with Crippen molar-refractivity contribution in [2.75, 3.05) is 0 Å². The molecule has 3 nitrogen and oxygen atoms in total. The maximum absolute atomic E-state index is 10.1. The average molecular weight is 381 g/mol. The Kier molecular flexibility index (Phi) is 6.11. The van der Waals surface area contributed by atoms with Crippen LogP contribution in [0.5, 0.6) is 5.75 Å². The molecule has 0 aromatic heterocycles. The van der Waals surface area contributed by atoms with E-state index < -0.39 is 12.1 Å². The van der Waals surface area contributed by atoms with E-state index >= 15 is 0 Å². The van der Waals surface area contributed by atoms with Crippen molar-refractivity contribution in [3.63, 3.8) is 0 Å². The molecule has 0 aliphatic carbocycles. The number of aromatic hydroxyl groups is 1. The highest BCUT2D eigenvalue weighted by molar-refractivity contribution is 9.11. The fourth-order valence-electron chi connectivity index (χ4n) is 1.68. The van der Waals surface area contributed by atoms with Gasteiger partial charge in [-0.2, -0.15) is 0 Å². The van der Waals surface area contributed by atoms with Crippen molar-refractivity contribution >= 4 is 31.9 Å². The molecule has 2 atom stereocenters. The lowest BCUT2D eigenvalue weighted by Crippen LogP contribution is -2.26. The summed E-state index contributed by atoms with van der Waals surface area (Å²) in [5, 5.41) is 19.7. The third-order valence-corrected chi connectivity index (χ3v) is 4.09. The van der Waals surface area contributed by atoms with Gasteiger partial charge in [0, 0.05) is 0 Å². The predicted molar refractivity (Wildman–Crippen MR) is 80.5 cm³/mol. The number of rotatable bonds is 5. The predicted octanol–water partition coefficient (Wildman–Crippen LogP) is 3.71. The first-order valence-electron chi connectivity index (χ1n) is 5.94. The van der Waals surface area contributed by atoms with Crippen LogP contribution in [-0.2, 0) is 0 Å². The Morgan fingerprint density at radius 2 is 1.67 bits per heavy atom. The summed E-state index contributed by atoms with van der Waals surface area (Å²) in [5.41, 5.74) is 6.83. The van der Waals surface area contributed by atoms with Gasteiger partial charge in [-0.1, -0.05) is 13.8 Å². The van der Waals surface area contributed by atoms with Gasteiger partial charge in [0.15, 0.2) is 0 Å². The van der Waals surface area contributed by atoms with Crippen LogP contribution in [0.3, 0.4) is 0 Å². The van der Waals surface area contributed by atoms with Gasteiger partial charge in [-0.25, -0.2) is 0 Å². The Balaban J connectivity index is 2.80. The number of phenolic OH excluding ortho intramolecular Hbond substituents is 1. The standard InChI is InChI=1S/C13H19Br2NO2/c1-7(2)3-4-11(17)12(16)8-5-9(14)13(18)10(15)6-8/h5-7,11-12,17-18H,3-4,16H2,1-2H3/t11-,12+/m1/s1. The lowest BCUT2D eigenvalue weighted by atomic mass is 9.96. The summed E-state index contributed by atoms with van der Waals surface area (Å²) in [4.78, 5) is 0. The summed E-state index contributed by atoms with van der Waals surface area (Å²) in [5.74, 6) is 0.688. The van der Waals surface area contributed by atoms with E-state index in [2.05, 4.69) is 45.7 Å². The van der Waals surface area contributed by atoms with Crippen LogP contribution in [0.1, 0.15) is 38.3 Å². The highest BCUT2D eigenvalue weighted by Crippen LogP contribution is 2.35. The minimum atomic E-state index is -0.573. The van der Waals surface area contributed by atoms with Crippen molar-refractivity contribution in [2.45, 2.75) is 38.8 Å². The van der Waals surface area contributed by atoms with Crippen LogP contribution in [-0.4, -0.2) is 16.3 Å². The van der Waals surface area contributed by atoms with Crippen molar-refractivity contribution < 1.29 is 10.2 Å². The summed E-state index contributed by atoms with van der Waals surface area (Å²) in [6, 6.07) is 3.03. The van der Waals surface area contributed by atoms with Gasteiger partial charge >= 0.3 is 0 Å². The van der Waals surface area contributed by atoms with Gasteiger partial charge in [0.2, 0.25) is 0 Å². The number of nitrogens with two attached hydrogens (primary N) is 1. The third-order valence-electron chi connectivity index (χ3n) is 2.88. The minimum absolute atomic E-state index is 0.141. The van der Waals surface area contributed by atoms with Crippen LogP contribution < -0.4 is 5.73 Å². The van der Waals surface area contributed by atoms with E-state index in [1.165, 1.54) is 0 Å². The maximum atomic E-state index is 10.1. The van der Waals surface area contributed by atoms with E-state index in [1.807, 2.05) is 0 Å². The van der Waals surface area contributed by atoms with Gasteiger partial charge in [-0.05, 0) is 68.3 Å². The zero-order valence-corrected chi connectivity index (χ0v) is 13.7. The molecule has 5 heteroatoms. The highest BCUT2D eigenvalue weighted by atomic mass is 79.9. The van der Waals surface area contributed by atoms with E-state index in [0.717, 1.165) is 12.0 Å². The van der Waals surface area contributed by atoms with Gasteiger partial charge in [-0.15, -0.1) is 0 Å². The molecule has 0 radical (unpaired) electrons. The fourth-order valence-corrected chi connectivity index (χ4v) is 2.91. The molecule has 0 heterocycles. The van der Waals surface area contributed by atoms with Gasteiger partial charge in [0.1, 0.15) is 5.75 Å². The van der Waals surface area contributed by atoms with Crippen LogP contribution in [0, 0.1) is 5.92 Å². The Hall–Kier alpha value is -0.100. The molecule has 0 aliphatic heterocycles. The summed E-state index contributed by atoms with van der Waals surface area (Å²) in [6.07, 6.45) is 1.04. The molecule has 0 fully saturated rings. The number of benzene rings is 1. The monoisotopic (exact) mass is 379 g/mol. The lowest BCUT2D eigenvalue weighted by molar-refractivity contribution is 0.128. The molecule has 4 N–H and O–H groups in total. The second kappa shape index (κ2) is 6.89. The number of halogens is 2. The van der Waals surface area contributed by atoms with E-state index in [-0.39, 0.29) is 5.75 Å². The first kappa shape index (κ1) is 16.0. The Morgan fingerprint density at radius 1 is 1.17 bits per heavy atom. The third kappa shape index (κ3) is 4.23. The largest absolute Gasteiger partial charge is 0.506 e. The van der Waals surface area contributed by atoms with Crippen molar-refractivity contribution in [1.29, 1.82) is 0 Å². The van der Waals surface area contributed by atoms with E-state index in [9.17, 15) is 10.2 Å². The normalized spacial score (nSPS) is 14.8. The summed E-state index contributed by atoms with van der Waals surface area (Å²) >= 11 is 6.52. The molecule has 102 valence electrons. The molecule has 1 aromatic rings. The van der Waals surface area contributed by atoms with Crippen LogP contribution in [0.2, 0.25) is 0 Å². The Morgan fingerprint density at radius 3 is 2.11 bits per heavy atom.